The van der Waals surface area contributed by atoms with E-state index in [1.165, 1.54) is 4.88 Å². The molecule has 5 heteroatoms. The van der Waals surface area contributed by atoms with Crippen LogP contribution < -0.4 is 5.32 Å². The fourth-order valence-electron chi connectivity index (χ4n) is 1.42. The number of nitrogens with zero attached hydrogens (tertiary/aromatic N) is 2. The van der Waals surface area contributed by atoms with E-state index in [9.17, 15) is 4.79 Å². The van der Waals surface area contributed by atoms with Crippen molar-refractivity contribution < 1.29 is 4.79 Å². The quantitative estimate of drug-likeness (QED) is 0.841. The molecule has 1 rings (SSSR count). The second-order valence-electron chi connectivity index (χ2n) is 4.03. The average molecular weight is 255 g/mol. The zero-order valence-corrected chi connectivity index (χ0v) is 11.8. The van der Waals surface area contributed by atoms with E-state index in [1.54, 1.807) is 16.2 Å². The van der Waals surface area contributed by atoms with Crippen molar-refractivity contribution in [3.8, 4) is 0 Å². The maximum Gasteiger partial charge on any atom is 0.239 e. The molecule has 0 saturated heterocycles. The molecule has 1 aromatic heterocycles. The van der Waals surface area contributed by atoms with E-state index < -0.39 is 0 Å². The normalized spacial score (nSPS) is 12.5. The van der Waals surface area contributed by atoms with Crippen molar-refractivity contribution in [1.82, 2.24) is 15.2 Å². The highest BCUT2D eigenvalue weighted by Gasteiger charge is 2.15. The van der Waals surface area contributed by atoms with E-state index in [4.69, 9.17) is 0 Å². The van der Waals surface area contributed by atoms with Gasteiger partial charge in [-0.1, -0.05) is 6.92 Å². The third kappa shape index (κ3) is 4.09. The van der Waals surface area contributed by atoms with Crippen LogP contribution in [0.5, 0.6) is 0 Å². The second kappa shape index (κ2) is 6.71. The lowest BCUT2D eigenvalue weighted by molar-refractivity contribution is -0.131. The summed E-state index contributed by atoms with van der Waals surface area (Å²) in [4.78, 5) is 19.0. The van der Waals surface area contributed by atoms with Crippen LogP contribution in [-0.2, 0) is 17.8 Å². The number of hydrogen-bond acceptors (Lipinski definition) is 4. The average Bonchev–Trinajstić information content (AvgIpc) is 2.81. The SMILES string of the molecule is CCc1ncc(CNC(C)C(=O)N(C)CC)s1. The predicted molar refractivity (Wildman–Crippen MR) is 71.1 cm³/mol. The molecule has 0 spiro atoms. The summed E-state index contributed by atoms with van der Waals surface area (Å²) in [6.45, 7) is 7.42. The van der Waals surface area contributed by atoms with Crippen LogP contribution in [-0.4, -0.2) is 35.4 Å². The van der Waals surface area contributed by atoms with Gasteiger partial charge in [0.15, 0.2) is 0 Å². The molecule has 0 radical (unpaired) electrons. The molecule has 1 N–H and O–H groups in total. The lowest BCUT2D eigenvalue weighted by Gasteiger charge is -2.20. The largest absolute Gasteiger partial charge is 0.345 e. The smallest absolute Gasteiger partial charge is 0.239 e. The molecule has 0 aromatic carbocycles. The summed E-state index contributed by atoms with van der Waals surface area (Å²) in [7, 11) is 1.82. The first-order valence-corrected chi connectivity index (χ1v) is 6.82. The summed E-state index contributed by atoms with van der Waals surface area (Å²) < 4.78 is 0. The molecule has 1 amide bonds. The third-order valence-corrected chi connectivity index (χ3v) is 3.85. The molecule has 0 fully saturated rings. The number of rotatable bonds is 6. The number of carbonyl (C=O) groups excluding carboxylic acids is 1. The van der Waals surface area contributed by atoms with Crippen molar-refractivity contribution in [1.29, 1.82) is 0 Å². The van der Waals surface area contributed by atoms with E-state index in [2.05, 4.69) is 17.2 Å². The number of hydrogen-bond donors (Lipinski definition) is 1. The molecule has 4 nitrogen and oxygen atoms in total. The molecule has 0 aliphatic carbocycles. The van der Waals surface area contributed by atoms with Crippen LogP contribution in [0.15, 0.2) is 6.20 Å². The standard InChI is InChI=1S/C12H21N3OS/c1-5-11-14-8-10(17-11)7-13-9(3)12(16)15(4)6-2/h8-9,13H,5-7H2,1-4H3. The van der Waals surface area contributed by atoms with Crippen molar-refractivity contribution in [3.05, 3.63) is 16.1 Å². The Morgan fingerprint density at radius 3 is 2.82 bits per heavy atom. The number of carbonyl (C=O) groups is 1. The summed E-state index contributed by atoms with van der Waals surface area (Å²) in [6, 6.07) is -0.146. The van der Waals surface area contributed by atoms with Gasteiger partial charge in [-0.3, -0.25) is 4.79 Å². The molecule has 0 saturated carbocycles. The fourth-order valence-corrected chi connectivity index (χ4v) is 2.23. The van der Waals surface area contributed by atoms with E-state index in [-0.39, 0.29) is 11.9 Å². The molecule has 1 unspecified atom stereocenters. The zero-order valence-electron chi connectivity index (χ0n) is 11.0. The molecular weight excluding hydrogens is 234 g/mol. The molecule has 0 aliphatic rings. The maximum atomic E-state index is 11.8. The van der Waals surface area contributed by atoms with Crippen molar-refractivity contribution >= 4 is 17.2 Å². The van der Waals surface area contributed by atoms with Crippen LogP contribution in [0, 0.1) is 0 Å². The second-order valence-corrected chi connectivity index (χ2v) is 5.23. The third-order valence-electron chi connectivity index (χ3n) is 2.71. The molecule has 0 bridgehead atoms. The van der Waals surface area contributed by atoms with Gasteiger partial charge < -0.3 is 10.2 Å². The summed E-state index contributed by atoms with van der Waals surface area (Å²) >= 11 is 1.70. The highest BCUT2D eigenvalue weighted by molar-refractivity contribution is 7.11. The van der Waals surface area contributed by atoms with Gasteiger partial charge in [-0.15, -0.1) is 11.3 Å². The van der Waals surface area contributed by atoms with Crippen LogP contribution in [0.1, 0.15) is 30.7 Å². The topological polar surface area (TPSA) is 45.2 Å². The van der Waals surface area contributed by atoms with E-state index >= 15 is 0 Å². The molecule has 1 heterocycles. The number of amides is 1. The number of likely N-dealkylation sites (N-methyl/N-ethyl adjacent to an activating group) is 1. The first-order chi connectivity index (χ1) is 8.08. The van der Waals surface area contributed by atoms with Crippen LogP contribution in [0.2, 0.25) is 0 Å². The number of nitrogens with one attached hydrogen (secondary N) is 1. The van der Waals surface area contributed by atoms with E-state index in [0.29, 0.717) is 6.54 Å². The molecule has 17 heavy (non-hydrogen) atoms. The van der Waals surface area contributed by atoms with Crippen LogP contribution >= 0.6 is 11.3 Å². The Hall–Kier alpha value is -0.940. The van der Waals surface area contributed by atoms with Crippen LogP contribution in [0.3, 0.4) is 0 Å². The first kappa shape index (κ1) is 14.1. The van der Waals surface area contributed by atoms with Crippen molar-refractivity contribution in [3.63, 3.8) is 0 Å². The Morgan fingerprint density at radius 1 is 1.59 bits per heavy atom. The Kier molecular flexibility index (Phi) is 5.58. The number of aromatic nitrogens is 1. The van der Waals surface area contributed by atoms with Crippen LogP contribution in [0.25, 0.3) is 0 Å². The number of aryl methyl sites for hydroxylation is 1. The van der Waals surface area contributed by atoms with Gasteiger partial charge >= 0.3 is 0 Å². The van der Waals surface area contributed by atoms with Gasteiger partial charge in [0.1, 0.15) is 0 Å². The molecule has 0 aliphatic heterocycles. The Morgan fingerprint density at radius 2 is 2.29 bits per heavy atom. The summed E-state index contributed by atoms with van der Waals surface area (Å²) in [5.74, 6) is 0.132. The molecular formula is C12H21N3OS. The van der Waals surface area contributed by atoms with Gasteiger partial charge in [0.25, 0.3) is 0 Å². The Balaban J connectivity index is 2.42. The monoisotopic (exact) mass is 255 g/mol. The Bertz CT molecular complexity index is 364. The highest BCUT2D eigenvalue weighted by Crippen LogP contribution is 2.13. The zero-order chi connectivity index (χ0) is 12.8. The van der Waals surface area contributed by atoms with Gasteiger partial charge in [0.05, 0.1) is 11.0 Å². The van der Waals surface area contributed by atoms with Crippen molar-refractivity contribution in [2.75, 3.05) is 13.6 Å². The first-order valence-electron chi connectivity index (χ1n) is 6.00. The lowest BCUT2D eigenvalue weighted by atomic mass is 10.3. The van der Waals surface area contributed by atoms with Gasteiger partial charge in [0.2, 0.25) is 5.91 Å². The number of thiazole rings is 1. The minimum Gasteiger partial charge on any atom is -0.345 e. The minimum atomic E-state index is -0.146. The Labute approximate surface area is 107 Å². The maximum absolute atomic E-state index is 11.8. The summed E-state index contributed by atoms with van der Waals surface area (Å²) in [5, 5.41) is 4.38. The predicted octanol–water partition coefficient (Wildman–Crippen LogP) is 1.66. The van der Waals surface area contributed by atoms with Gasteiger partial charge in [-0.2, -0.15) is 0 Å². The van der Waals surface area contributed by atoms with Crippen LogP contribution in [0.4, 0.5) is 0 Å². The van der Waals surface area contributed by atoms with Gasteiger partial charge in [-0.25, -0.2) is 4.98 Å². The molecule has 1 aromatic rings. The highest BCUT2D eigenvalue weighted by atomic mass is 32.1. The lowest BCUT2D eigenvalue weighted by Crippen LogP contribution is -2.42. The summed E-state index contributed by atoms with van der Waals surface area (Å²) in [5.41, 5.74) is 0. The fraction of sp³-hybridized carbons (Fsp3) is 0.667. The van der Waals surface area contributed by atoms with Crippen molar-refractivity contribution in [2.45, 2.75) is 39.8 Å². The van der Waals surface area contributed by atoms with Gasteiger partial charge in [-0.05, 0) is 20.3 Å². The minimum absolute atomic E-state index is 0.132. The van der Waals surface area contributed by atoms with E-state index in [1.807, 2.05) is 27.1 Å². The summed E-state index contributed by atoms with van der Waals surface area (Å²) in [6.07, 6.45) is 2.86. The van der Waals surface area contributed by atoms with E-state index in [0.717, 1.165) is 18.0 Å². The molecule has 96 valence electrons. The molecule has 1 atom stereocenters. The van der Waals surface area contributed by atoms with Gasteiger partial charge in [0, 0.05) is 31.2 Å². The van der Waals surface area contributed by atoms with Crippen molar-refractivity contribution in [2.24, 2.45) is 0 Å².